The van der Waals surface area contributed by atoms with E-state index < -0.39 is 0 Å². The first-order chi connectivity index (χ1) is 10.1. The highest BCUT2D eigenvalue weighted by molar-refractivity contribution is 7.80. The molecule has 1 aromatic heterocycles. The molecule has 5 heteroatoms. The number of amides is 1. The predicted molar refractivity (Wildman–Crippen MR) is 87.9 cm³/mol. The van der Waals surface area contributed by atoms with Crippen molar-refractivity contribution in [3.05, 3.63) is 30.0 Å². The lowest BCUT2D eigenvalue weighted by Gasteiger charge is -2.27. The number of carbonyl (C=O) groups is 1. The van der Waals surface area contributed by atoms with Gasteiger partial charge >= 0.3 is 0 Å². The number of fused-ring (bicyclic) bond motifs is 1. The molecule has 0 aliphatic carbocycles. The Bertz CT molecular complexity index is 659. The molecule has 0 bridgehead atoms. The lowest BCUT2D eigenvalue weighted by atomic mass is 10.1. The molecule has 1 aliphatic rings. The summed E-state index contributed by atoms with van der Waals surface area (Å²) >= 11 is 4.42. The number of hydrogen-bond acceptors (Lipinski definition) is 3. The normalized spacial score (nSPS) is 15.6. The summed E-state index contributed by atoms with van der Waals surface area (Å²) in [4.78, 5) is 15.2. The Hall–Kier alpha value is -1.46. The number of hydrogen-bond donors (Lipinski definition) is 2. The Kier molecular flexibility index (Phi) is 4.22. The van der Waals surface area contributed by atoms with E-state index in [1.165, 1.54) is 16.5 Å². The van der Waals surface area contributed by atoms with Crippen molar-refractivity contribution in [1.82, 2.24) is 14.8 Å². The third-order valence-electron chi connectivity index (χ3n) is 4.13. The summed E-state index contributed by atoms with van der Waals surface area (Å²) in [6.45, 7) is 3.47. The first kappa shape index (κ1) is 14.5. The molecule has 3 rings (SSSR count). The second-order valence-corrected chi connectivity index (χ2v) is 6.11. The van der Waals surface area contributed by atoms with E-state index in [1.54, 1.807) is 0 Å². The van der Waals surface area contributed by atoms with E-state index in [4.69, 9.17) is 0 Å². The van der Waals surface area contributed by atoms with Gasteiger partial charge in [-0.2, -0.15) is 0 Å². The van der Waals surface area contributed by atoms with Gasteiger partial charge in [0.25, 0.3) is 0 Å². The fourth-order valence-corrected chi connectivity index (χ4v) is 3.18. The first-order valence-corrected chi connectivity index (χ1v) is 7.85. The van der Waals surface area contributed by atoms with Crippen LogP contribution in [-0.4, -0.2) is 41.6 Å². The van der Waals surface area contributed by atoms with Crippen LogP contribution in [0.15, 0.2) is 29.3 Å². The van der Waals surface area contributed by atoms with Crippen molar-refractivity contribution in [1.29, 1.82) is 0 Å². The van der Waals surface area contributed by atoms with Gasteiger partial charge in [0.05, 0.1) is 0 Å². The van der Waals surface area contributed by atoms with Crippen LogP contribution in [0.5, 0.6) is 0 Å². The van der Waals surface area contributed by atoms with E-state index in [9.17, 15) is 4.79 Å². The number of aryl methyl sites for hydroxylation is 2. The first-order valence-electron chi connectivity index (χ1n) is 7.40. The second-order valence-electron chi connectivity index (χ2n) is 5.60. The number of aromatic nitrogens is 1. The molecule has 1 aliphatic heterocycles. The van der Waals surface area contributed by atoms with E-state index in [0.29, 0.717) is 6.42 Å². The number of nitrogens with zero attached hydrogens (tertiary/aromatic N) is 2. The third-order valence-corrected chi connectivity index (χ3v) is 4.41. The van der Waals surface area contributed by atoms with Crippen molar-refractivity contribution in [3.63, 3.8) is 0 Å². The molecule has 0 radical (unpaired) electrons. The quantitative estimate of drug-likeness (QED) is 0.849. The highest BCUT2D eigenvalue weighted by Crippen LogP contribution is 2.24. The fraction of sp³-hybridized carbons (Fsp3) is 0.438. The third kappa shape index (κ3) is 3.09. The van der Waals surface area contributed by atoms with Crippen LogP contribution in [-0.2, 0) is 18.3 Å². The van der Waals surface area contributed by atoms with E-state index in [-0.39, 0.29) is 5.91 Å². The zero-order chi connectivity index (χ0) is 14.8. The highest BCUT2D eigenvalue weighted by atomic mass is 32.1. The van der Waals surface area contributed by atoms with E-state index in [1.807, 2.05) is 18.0 Å². The van der Waals surface area contributed by atoms with Crippen molar-refractivity contribution < 1.29 is 4.79 Å². The summed E-state index contributed by atoms with van der Waals surface area (Å²) in [7, 11) is 2.04. The number of rotatable bonds is 3. The van der Waals surface area contributed by atoms with Crippen LogP contribution >= 0.6 is 12.6 Å². The van der Waals surface area contributed by atoms with Crippen LogP contribution in [0.2, 0.25) is 0 Å². The zero-order valence-electron chi connectivity index (χ0n) is 12.3. The van der Waals surface area contributed by atoms with Crippen molar-refractivity contribution in [2.75, 3.05) is 26.2 Å². The minimum Gasteiger partial charge on any atom is -0.350 e. The molecular formula is C16H21N3OS. The van der Waals surface area contributed by atoms with E-state index in [2.05, 4.69) is 40.8 Å². The largest absolute Gasteiger partial charge is 0.350 e. The Morgan fingerprint density at radius 2 is 2.10 bits per heavy atom. The Morgan fingerprint density at radius 1 is 1.33 bits per heavy atom. The maximum Gasteiger partial charge on any atom is 0.222 e. The van der Waals surface area contributed by atoms with Gasteiger partial charge in [-0.3, -0.25) is 4.79 Å². The monoisotopic (exact) mass is 303 g/mol. The molecule has 0 unspecified atom stereocenters. The van der Waals surface area contributed by atoms with Gasteiger partial charge in [0.1, 0.15) is 0 Å². The van der Waals surface area contributed by atoms with Crippen LogP contribution in [0.25, 0.3) is 10.9 Å². The SMILES string of the molecule is Cn1cc(CCC(=O)N2CCNCC2)c2cc(S)ccc21. The maximum atomic E-state index is 12.3. The Labute approximate surface area is 130 Å². The molecule has 1 amide bonds. The molecule has 21 heavy (non-hydrogen) atoms. The number of carbonyl (C=O) groups excluding carboxylic acids is 1. The second kappa shape index (κ2) is 6.12. The summed E-state index contributed by atoms with van der Waals surface area (Å²) < 4.78 is 2.12. The summed E-state index contributed by atoms with van der Waals surface area (Å²) in [5.41, 5.74) is 2.42. The van der Waals surface area contributed by atoms with Gasteiger partial charge in [-0.25, -0.2) is 0 Å². The molecule has 2 aromatic rings. The molecule has 1 aromatic carbocycles. The molecule has 0 atom stereocenters. The molecule has 4 nitrogen and oxygen atoms in total. The summed E-state index contributed by atoms with van der Waals surface area (Å²) in [5.74, 6) is 0.260. The lowest BCUT2D eigenvalue weighted by Crippen LogP contribution is -2.46. The standard InChI is InChI=1S/C16H21N3OS/c1-18-11-12(14-10-13(21)3-4-15(14)18)2-5-16(20)19-8-6-17-7-9-19/h3-4,10-11,17,21H,2,5-9H2,1H3. The average Bonchev–Trinajstić information content (AvgIpc) is 2.81. The number of piperazine rings is 1. The van der Waals surface area contributed by atoms with Gasteiger partial charge in [-0.05, 0) is 30.2 Å². The Balaban J connectivity index is 1.73. The molecule has 112 valence electrons. The van der Waals surface area contributed by atoms with Gasteiger partial charge in [0, 0.05) is 61.6 Å². The summed E-state index contributed by atoms with van der Waals surface area (Å²) in [6.07, 6.45) is 3.50. The van der Waals surface area contributed by atoms with Crippen molar-refractivity contribution in [2.24, 2.45) is 7.05 Å². The highest BCUT2D eigenvalue weighted by Gasteiger charge is 2.16. The van der Waals surface area contributed by atoms with Crippen LogP contribution in [0.4, 0.5) is 0 Å². The number of thiol groups is 1. The number of benzene rings is 1. The topological polar surface area (TPSA) is 37.3 Å². The maximum absolute atomic E-state index is 12.3. The number of nitrogens with one attached hydrogen (secondary N) is 1. The molecule has 0 spiro atoms. The van der Waals surface area contributed by atoms with Gasteiger partial charge < -0.3 is 14.8 Å². The predicted octanol–water partition coefficient (Wildman–Crippen LogP) is 1.83. The van der Waals surface area contributed by atoms with Gasteiger partial charge in [0.2, 0.25) is 5.91 Å². The lowest BCUT2D eigenvalue weighted by molar-refractivity contribution is -0.131. The molecule has 1 N–H and O–H groups in total. The van der Waals surface area contributed by atoms with Crippen LogP contribution < -0.4 is 5.32 Å². The smallest absolute Gasteiger partial charge is 0.222 e. The van der Waals surface area contributed by atoms with Crippen molar-refractivity contribution >= 4 is 29.4 Å². The van der Waals surface area contributed by atoms with Gasteiger partial charge in [-0.15, -0.1) is 12.6 Å². The molecule has 1 fully saturated rings. The van der Waals surface area contributed by atoms with Crippen molar-refractivity contribution in [3.8, 4) is 0 Å². The fourth-order valence-electron chi connectivity index (χ4n) is 2.97. The summed E-state index contributed by atoms with van der Waals surface area (Å²) in [5, 5.41) is 4.48. The van der Waals surface area contributed by atoms with Crippen LogP contribution in [0.3, 0.4) is 0 Å². The van der Waals surface area contributed by atoms with Crippen LogP contribution in [0.1, 0.15) is 12.0 Å². The molecular weight excluding hydrogens is 282 g/mol. The molecule has 1 saturated heterocycles. The zero-order valence-corrected chi connectivity index (χ0v) is 13.2. The minimum absolute atomic E-state index is 0.260. The minimum atomic E-state index is 0.260. The van der Waals surface area contributed by atoms with Crippen LogP contribution in [0, 0.1) is 0 Å². The van der Waals surface area contributed by atoms with E-state index in [0.717, 1.165) is 37.5 Å². The van der Waals surface area contributed by atoms with E-state index >= 15 is 0 Å². The molecule has 2 heterocycles. The Morgan fingerprint density at radius 3 is 2.86 bits per heavy atom. The van der Waals surface area contributed by atoms with Gasteiger partial charge in [0.15, 0.2) is 0 Å². The molecule has 0 saturated carbocycles. The summed E-state index contributed by atoms with van der Waals surface area (Å²) in [6, 6.07) is 6.17. The average molecular weight is 303 g/mol. The van der Waals surface area contributed by atoms with Gasteiger partial charge in [-0.1, -0.05) is 0 Å². The van der Waals surface area contributed by atoms with Crippen molar-refractivity contribution in [2.45, 2.75) is 17.7 Å².